The Kier molecular flexibility index (Phi) is 7.10. The lowest BCUT2D eigenvalue weighted by Gasteiger charge is -2.27. The number of hydrogen-bond donors (Lipinski definition) is 1. The van der Waals surface area contributed by atoms with Gasteiger partial charge in [-0.25, -0.2) is 9.37 Å². The minimum Gasteiger partial charge on any atom is -0.497 e. The van der Waals surface area contributed by atoms with Crippen LogP contribution in [0.25, 0.3) is 11.3 Å². The van der Waals surface area contributed by atoms with Crippen molar-refractivity contribution in [3.63, 3.8) is 0 Å². The third-order valence-corrected chi connectivity index (χ3v) is 4.92. The van der Waals surface area contributed by atoms with Crippen molar-refractivity contribution < 1.29 is 18.3 Å². The van der Waals surface area contributed by atoms with E-state index in [-0.39, 0.29) is 29.6 Å². The van der Waals surface area contributed by atoms with Gasteiger partial charge in [-0.2, -0.15) is 0 Å². The van der Waals surface area contributed by atoms with Crippen molar-refractivity contribution in [2.45, 2.75) is 46.1 Å². The zero-order chi connectivity index (χ0) is 22.4. The molecule has 0 fully saturated rings. The van der Waals surface area contributed by atoms with Gasteiger partial charge in [0.1, 0.15) is 11.6 Å². The number of aromatic nitrogens is 1. The maximum absolute atomic E-state index is 13.3. The molecule has 0 bridgehead atoms. The number of oxazole rings is 1. The van der Waals surface area contributed by atoms with Crippen molar-refractivity contribution in [3.8, 4) is 17.1 Å². The second kappa shape index (κ2) is 9.77. The van der Waals surface area contributed by atoms with Gasteiger partial charge in [0, 0.05) is 18.4 Å². The fraction of sp³-hybridized carbons (Fsp3) is 0.360. The van der Waals surface area contributed by atoms with Gasteiger partial charge in [-0.3, -0.25) is 4.79 Å². The van der Waals surface area contributed by atoms with Crippen molar-refractivity contribution in [3.05, 3.63) is 72.0 Å². The Balaban J connectivity index is 1.61. The Morgan fingerprint density at radius 1 is 1.13 bits per heavy atom. The summed E-state index contributed by atoms with van der Waals surface area (Å²) in [7, 11) is 1.62. The summed E-state index contributed by atoms with van der Waals surface area (Å²) in [5.74, 6) is 1.54. The molecule has 0 saturated heterocycles. The number of methoxy groups -OCH3 is 1. The Bertz CT molecular complexity index is 989. The highest BCUT2D eigenvalue weighted by Crippen LogP contribution is 2.30. The van der Waals surface area contributed by atoms with E-state index in [1.165, 1.54) is 12.1 Å². The lowest BCUT2D eigenvalue weighted by Crippen LogP contribution is -2.31. The maximum Gasteiger partial charge on any atom is 0.220 e. The first-order valence-electron chi connectivity index (χ1n) is 10.4. The first-order chi connectivity index (χ1) is 14.7. The van der Waals surface area contributed by atoms with E-state index in [9.17, 15) is 9.18 Å². The number of amides is 1. The maximum atomic E-state index is 13.3. The molecule has 1 atom stereocenters. The highest BCUT2D eigenvalue weighted by molar-refractivity contribution is 5.76. The van der Waals surface area contributed by atoms with E-state index in [0.717, 1.165) is 23.3 Å². The summed E-state index contributed by atoms with van der Waals surface area (Å²) in [5, 5.41) is 3.09. The predicted molar refractivity (Wildman–Crippen MR) is 118 cm³/mol. The molecule has 164 valence electrons. The van der Waals surface area contributed by atoms with E-state index in [2.05, 4.69) is 31.1 Å². The molecule has 0 aliphatic rings. The van der Waals surface area contributed by atoms with Crippen LogP contribution in [0.15, 0.2) is 59.1 Å². The Labute approximate surface area is 182 Å². The molecule has 0 aliphatic heterocycles. The number of hydrogen-bond acceptors (Lipinski definition) is 4. The summed E-state index contributed by atoms with van der Waals surface area (Å²) in [6.07, 6.45) is 3.05. The molecule has 1 amide bonds. The molecular weight excluding hydrogens is 395 g/mol. The van der Waals surface area contributed by atoms with Gasteiger partial charge in [0.15, 0.2) is 11.7 Å². The number of rotatable bonds is 8. The molecule has 0 saturated carbocycles. The second-order valence-corrected chi connectivity index (χ2v) is 8.78. The molecular formula is C25H29FN2O3. The van der Waals surface area contributed by atoms with Crippen LogP contribution < -0.4 is 10.1 Å². The van der Waals surface area contributed by atoms with E-state index in [1.807, 2.05) is 24.3 Å². The number of ether oxygens (including phenoxy) is 1. The Morgan fingerprint density at radius 3 is 2.42 bits per heavy atom. The third kappa shape index (κ3) is 6.67. The zero-order valence-corrected chi connectivity index (χ0v) is 18.4. The third-order valence-electron chi connectivity index (χ3n) is 4.92. The standard InChI is InChI=1S/C25H29FN2O3/c1-25(2,3)15-21(17-5-9-19(26)10-6-17)28-23(29)13-14-24-27-16-22(31-24)18-7-11-20(30-4)12-8-18/h5-12,16,21H,13-15H2,1-4H3,(H,28,29). The van der Waals surface area contributed by atoms with Crippen LogP contribution in [0.5, 0.6) is 5.75 Å². The quantitative estimate of drug-likeness (QED) is 0.503. The molecule has 1 unspecified atom stereocenters. The number of carbonyl (C=O) groups is 1. The molecule has 31 heavy (non-hydrogen) atoms. The van der Waals surface area contributed by atoms with Crippen molar-refractivity contribution in [1.82, 2.24) is 10.3 Å². The Hall–Kier alpha value is -3.15. The minimum absolute atomic E-state index is 0.00215. The summed E-state index contributed by atoms with van der Waals surface area (Å²) in [6, 6.07) is 13.6. The van der Waals surface area contributed by atoms with Crippen LogP contribution in [-0.2, 0) is 11.2 Å². The molecule has 2 aromatic carbocycles. The molecule has 0 spiro atoms. The summed E-state index contributed by atoms with van der Waals surface area (Å²) in [6.45, 7) is 6.34. The van der Waals surface area contributed by atoms with Crippen LogP contribution >= 0.6 is 0 Å². The van der Waals surface area contributed by atoms with E-state index >= 15 is 0 Å². The van der Waals surface area contributed by atoms with Gasteiger partial charge in [-0.05, 0) is 53.8 Å². The number of nitrogens with one attached hydrogen (secondary N) is 1. The summed E-state index contributed by atoms with van der Waals surface area (Å²) >= 11 is 0. The summed E-state index contributed by atoms with van der Waals surface area (Å²) in [4.78, 5) is 16.9. The van der Waals surface area contributed by atoms with Crippen molar-refractivity contribution >= 4 is 5.91 Å². The van der Waals surface area contributed by atoms with E-state index in [4.69, 9.17) is 9.15 Å². The number of nitrogens with zero attached hydrogens (tertiary/aromatic N) is 1. The average molecular weight is 425 g/mol. The lowest BCUT2D eigenvalue weighted by molar-refractivity contribution is -0.122. The van der Waals surface area contributed by atoms with Crippen LogP contribution in [0.3, 0.4) is 0 Å². The van der Waals surface area contributed by atoms with E-state index < -0.39 is 0 Å². The van der Waals surface area contributed by atoms with Crippen molar-refractivity contribution in [2.75, 3.05) is 7.11 Å². The SMILES string of the molecule is COc1ccc(-c2cnc(CCC(=O)NC(CC(C)(C)C)c3ccc(F)cc3)o2)cc1. The van der Waals surface area contributed by atoms with Gasteiger partial charge >= 0.3 is 0 Å². The molecule has 3 aromatic rings. The fourth-order valence-corrected chi connectivity index (χ4v) is 3.36. The summed E-state index contributed by atoms with van der Waals surface area (Å²) in [5.41, 5.74) is 1.79. The van der Waals surface area contributed by atoms with Crippen LogP contribution in [0.2, 0.25) is 0 Å². The second-order valence-electron chi connectivity index (χ2n) is 8.78. The number of benzene rings is 2. The number of halogens is 1. The molecule has 0 radical (unpaired) electrons. The van der Waals surface area contributed by atoms with Gasteiger partial charge in [0.25, 0.3) is 0 Å². The number of aryl methyl sites for hydroxylation is 1. The zero-order valence-electron chi connectivity index (χ0n) is 18.4. The summed E-state index contributed by atoms with van der Waals surface area (Å²) < 4.78 is 24.3. The van der Waals surface area contributed by atoms with Gasteiger partial charge in [-0.15, -0.1) is 0 Å². The topological polar surface area (TPSA) is 64.4 Å². The highest BCUT2D eigenvalue weighted by atomic mass is 19.1. The molecule has 1 aromatic heterocycles. The van der Waals surface area contributed by atoms with Crippen molar-refractivity contribution in [2.24, 2.45) is 5.41 Å². The van der Waals surface area contributed by atoms with Crippen LogP contribution in [-0.4, -0.2) is 18.0 Å². The van der Waals surface area contributed by atoms with Crippen molar-refractivity contribution in [1.29, 1.82) is 0 Å². The molecule has 1 N–H and O–H groups in total. The smallest absolute Gasteiger partial charge is 0.220 e. The lowest BCUT2D eigenvalue weighted by atomic mass is 9.85. The van der Waals surface area contributed by atoms with Crippen LogP contribution in [0, 0.1) is 11.2 Å². The normalized spacial score (nSPS) is 12.4. The molecule has 6 heteroatoms. The van der Waals surface area contributed by atoms with Gasteiger partial charge in [0.05, 0.1) is 19.3 Å². The average Bonchev–Trinajstić information content (AvgIpc) is 3.20. The van der Waals surface area contributed by atoms with Gasteiger partial charge in [-0.1, -0.05) is 32.9 Å². The predicted octanol–water partition coefficient (Wildman–Crippen LogP) is 5.72. The van der Waals surface area contributed by atoms with Gasteiger partial charge in [0.2, 0.25) is 5.91 Å². The van der Waals surface area contributed by atoms with E-state index in [1.54, 1.807) is 25.4 Å². The fourth-order valence-electron chi connectivity index (χ4n) is 3.36. The first kappa shape index (κ1) is 22.5. The van der Waals surface area contributed by atoms with Crippen LogP contribution in [0.1, 0.15) is 51.1 Å². The monoisotopic (exact) mass is 424 g/mol. The largest absolute Gasteiger partial charge is 0.497 e. The minimum atomic E-state index is -0.291. The molecule has 1 heterocycles. The van der Waals surface area contributed by atoms with E-state index in [0.29, 0.717) is 18.1 Å². The van der Waals surface area contributed by atoms with Crippen LogP contribution in [0.4, 0.5) is 4.39 Å². The number of carbonyl (C=O) groups excluding carboxylic acids is 1. The molecule has 3 rings (SSSR count). The first-order valence-corrected chi connectivity index (χ1v) is 10.4. The highest BCUT2D eigenvalue weighted by Gasteiger charge is 2.22. The molecule has 5 nitrogen and oxygen atoms in total. The Morgan fingerprint density at radius 2 is 1.81 bits per heavy atom. The molecule has 0 aliphatic carbocycles. The van der Waals surface area contributed by atoms with Gasteiger partial charge < -0.3 is 14.5 Å².